The number of nitrogens with two attached hydrogens (primary N) is 1. The molecule has 1 aliphatic rings. The van der Waals surface area contributed by atoms with Gasteiger partial charge in [0.2, 0.25) is 0 Å². The molecule has 0 atom stereocenters. The maximum atomic E-state index is 6.07. The maximum absolute atomic E-state index is 6.07. The summed E-state index contributed by atoms with van der Waals surface area (Å²) in [7, 11) is 0. The van der Waals surface area contributed by atoms with Crippen LogP contribution in [0.5, 0.6) is 0 Å². The molecule has 1 aliphatic carbocycles. The third-order valence-corrected chi connectivity index (χ3v) is 4.63. The molecule has 1 heterocycles. The monoisotopic (exact) mass is 228 g/mol. The second-order valence-corrected chi connectivity index (χ2v) is 5.88. The number of thioether (sulfide) groups is 1. The Morgan fingerprint density at radius 3 is 3.07 bits per heavy atom. The zero-order chi connectivity index (χ0) is 10.0. The molecule has 1 aromatic rings. The van der Waals surface area contributed by atoms with Crippen LogP contribution < -0.4 is 5.73 Å². The van der Waals surface area contributed by atoms with Crippen molar-refractivity contribution in [3.05, 3.63) is 16.1 Å². The molecule has 2 N–H and O–H groups in total. The topological polar surface area (TPSA) is 38.9 Å². The molecule has 0 aromatic carbocycles. The van der Waals surface area contributed by atoms with Crippen LogP contribution in [0.1, 0.15) is 36.9 Å². The van der Waals surface area contributed by atoms with Gasteiger partial charge in [-0.2, -0.15) is 11.8 Å². The zero-order valence-electron chi connectivity index (χ0n) is 8.45. The Morgan fingerprint density at radius 1 is 1.64 bits per heavy atom. The van der Waals surface area contributed by atoms with Crippen LogP contribution in [-0.4, -0.2) is 10.7 Å². The first-order valence-corrected chi connectivity index (χ1v) is 7.09. The summed E-state index contributed by atoms with van der Waals surface area (Å²) in [5.41, 5.74) is 7.14. The summed E-state index contributed by atoms with van der Waals surface area (Å²) in [6, 6.07) is 0. The summed E-state index contributed by atoms with van der Waals surface area (Å²) < 4.78 is 0. The van der Waals surface area contributed by atoms with Crippen molar-refractivity contribution in [2.24, 2.45) is 5.73 Å². The Kier molecular flexibility index (Phi) is 3.14. The molecule has 1 saturated carbocycles. The first kappa shape index (κ1) is 10.5. The minimum absolute atomic E-state index is 0.0514. The summed E-state index contributed by atoms with van der Waals surface area (Å²) >= 11 is 3.71. The van der Waals surface area contributed by atoms with E-state index in [2.05, 4.69) is 17.3 Å². The number of hydrogen-bond acceptors (Lipinski definition) is 4. The van der Waals surface area contributed by atoms with Gasteiger partial charge in [-0.1, -0.05) is 6.92 Å². The molecule has 1 fully saturated rings. The van der Waals surface area contributed by atoms with E-state index in [1.165, 1.54) is 17.2 Å². The van der Waals surface area contributed by atoms with E-state index >= 15 is 0 Å². The van der Waals surface area contributed by atoms with Gasteiger partial charge in [0, 0.05) is 11.1 Å². The minimum atomic E-state index is -0.0514. The Morgan fingerprint density at radius 2 is 2.43 bits per heavy atom. The van der Waals surface area contributed by atoms with Gasteiger partial charge in [0.1, 0.15) is 5.01 Å². The van der Waals surface area contributed by atoms with Crippen molar-refractivity contribution >= 4 is 23.1 Å². The molecular weight excluding hydrogens is 212 g/mol. The fraction of sp³-hybridized carbons (Fsp3) is 0.700. The molecular formula is C10H16N2S2. The van der Waals surface area contributed by atoms with Crippen LogP contribution in [0.3, 0.4) is 0 Å². The van der Waals surface area contributed by atoms with Gasteiger partial charge in [0.25, 0.3) is 0 Å². The van der Waals surface area contributed by atoms with Crippen LogP contribution >= 0.6 is 23.1 Å². The van der Waals surface area contributed by atoms with Gasteiger partial charge in [0.15, 0.2) is 0 Å². The molecule has 14 heavy (non-hydrogen) atoms. The lowest BCUT2D eigenvalue weighted by molar-refractivity contribution is 0.712. The molecule has 0 saturated heterocycles. The van der Waals surface area contributed by atoms with E-state index in [0.29, 0.717) is 0 Å². The van der Waals surface area contributed by atoms with Crippen molar-refractivity contribution < 1.29 is 0 Å². The SMILES string of the molecule is CCCSCc1nc(C2(N)CC2)cs1. The third-order valence-electron chi connectivity index (χ3n) is 2.42. The summed E-state index contributed by atoms with van der Waals surface area (Å²) in [5.74, 6) is 2.28. The van der Waals surface area contributed by atoms with Gasteiger partial charge >= 0.3 is 0 Å². The van der Waals surface area contributed by atoms with E-state index < -0.39 is 0 Å². The van der Waals surface area contributed by atoms with Crippen molar-refractivity contribution in [1.82, 2.24) is 4.98 Å². The molecule has 1 aromatic heterocycles. The first-order valence-electron chi connectivity index (χ1n) is 5.06. The van der Waals surface area contributed by atoms with Crippen molar-refractivity contribution in [2.45, 2.75) is 37.5 Å². The average molecular weight is 228 g/mol. The van der Waals surface area contributed by atoms with Crippen LogP contribution in [0.15, 0.2) is 5.38 Å². The Hall–Kier alpha value is -0.0600. The molecule has 78 valence electrons. The lowest BCUT2D eigenvalue weighted by Gasteiger charge is -2.02. The van der Waals surface area contributed by atoms with Crippen molar-refractivity contribution in [3.8, 4) is 0 Å². The van der Waals surface area contributed by atoms with Crippen LogP contribution in [-0.2, 0) is 11.3 Å². The minimum Gasteiger partial charge on any atom is -0.320 e. The smallest absolute Gasteiger partial charge is 0.103 e. The third kappa shape index (κ3) is 2.30. The predicted octanol–water partition coefficient (Wildman–Crippen LogP) is 2.73. The van der Waals surface area contributed by atoms with Gasteiger partial charge in [-0.3, -0.25) is 0 Å². The second kappa shape index (κ2) is 4.21. The number of hydrogen-bond donors (Lipinski definition) is 1. The van der Waals surface area contributed by atoms with Crippen molar-refractivity contribution in [2.75, 3.05) is 5.75 Å². The number of rotatable bonds is 5. The van der Waals surface area contributed by atoms with Crippen LogP contribution in [0.4, 0.5) is 0 Å². The van der Waals surface area contributed by atoms with Gasteiger partial charge in [-0.15, -0.1) is 11.3 Å². The van der Waals surface area contributed by atoms with Gasteiger partial charge in [0.05, 0.1) is 11.2 Å². The van der Waals surface area contributed by atoms with E-state index in [1.54, 1.807) is 11.3 Å². The quantitative estimate of drug-likeness (QED) is 0.788. The Bertz CT molecular complexity index is 305. The predicted molar refractivity (Wildman–Crippen MR) is 63.7 cm³/mol. The highest BCUT2D eigenvalue weighted by Crippen LogP contribution is 2.42. The summed E-state index contributed by atoms with van der Waals surface area (Å²) in [5, 5.41) is 3.37. The summed E-state index contributed by atoms with van der Waals surface area (Å²) in [4.78, 5) is 4.59. The first-order chi connectivity index (χ1) is 6.74. The largest absolute Gasteiger partial charge is 0.320 e. The van der Waals surface area contributed by atoms with Crippen LogP contribution in [0.25, 0.3) is 0 Å². The fourth-order valence-corrected chi connectivity index (χ4v) is 3.18. The van der Waals surface area contributed by atoms with Gasteiger partial charge in [-0.25, -0.2) is 4.98 Å². The summed E-state index contributed by atoms with van der Waals surface area (Å²) in [6.07, 6.45) is 3.46. The lowest BCUT2D eigenvalue weighted by atomic mass is 10.2. The number of aromatic nitrogens is 1. The van der Waals surface area contributed by atoms with E-state index in [4.69, 9.17) is 5.73 Å². The standard InChI is InChI=1S/C10H16N2S2/c1-2-5-13-7-9-12-8(6-14-9)10(11)3-4-10/h6H,2-5,7,11H2,1H3. The fourth-order valence-electron chi connectivity index (χ4n) is 1.30. The van der Waals surface area contributed by atoms with Gasteiger partial charge < -0.3 is 5.73 Å². The van der Waals surface area contributed by atoms with E-state index in [0.717, 1.165) is 24.3 Å². The highest BCUT2D eigenvalue weighted by Gasteiger charge is 2.42. The van der Waals surface area contributed by atoms with Crippen LogP contribution in [0, 0.1) is 0 Å². The van der Waals surface area contributed by atoms with Crippen molar-refractivity contribution in [1.29, 1.82) is 0 Å². The summed E-state index contributed by atoms with van der Waals surface area (Å²) in [6.45, 7) is 2.21. The highest BCUT2D eigenvalue weighted by atomic mass is 32.2. The Balaban J connectivity index is 1.90. The molecule has 2 rings (SSSR count). The van der Waals surface area contributed by atoms with Crippen molar-refractivity contribution in [3.63, 3.8) is 0 Å². The average Bonchev–Trinajstić information content (AvgIpc) is 2.76. The highest BCUT2D eigenvalue weighted by molar-refractivity contribution is 7.98. The molecule has 0 spiro atoms. The second-order valence-electron chi connectivity index (χ2n) is 3.84. The van der Waals surface area contributed by atoms with Crippen LogP contribution in [0.2, 0.25) is 0 Å². The number of thiazole rings is 1. The van der Waals surface area contributed by atoms with E-state index in [9.17, 15) is 0 Å². The molecule has 2 nitrogen and oxygen atoms in total. The molecule has 0 aliphatic heterocycles. The van der Waals surface area contributed by atoms with E-state index in [1.807, 2.05) is 11.8 Å². The van der Waals surface area contributed by atoms with E-state index in [-0.39, 0.29) is 5.54 Å². The molecule has 0 unspecified atom stereocenters. The Labute approximate surface area is 93.3 Å². The molecule has 0 amide bonds. The maximum Gasteiger partial charge on any atom is 0.103 e. The number of nitrogens with zero attached hydrogens (tertiary/aromatic N) is 1. The molecule has 0 radical (unpaired) electrons. The molecule has 0 bridgehead atoms. The normalized spacial score (nSPS) is 18.4. The lowest BCUT2D eigenvalue weighted by Crippen LogP contribution is -2.18. The molecule has 4 heteroatoms. The zero-order valence-corrected chi connectivity index (χ0v) is 10.1. The van der Waals surface area contributed by atoms with Gasteiger partial charge in [-0.05, 0) is 25.0 Å².